The zero-order valence-corrected chi connectivity index (χ0v) is 10.1. The van der Waals surface area contributed by atoms with Crippen LogP contribution in [0.5, 0.6) is 0 Å². The Morgan fingerprint density at radius 2 is 2.00 bits per heavy atom. The molecule has 0 aromatic carbocycles. The van der Waals surface area contributed by atoms with E-state index >= 15 is 0 Å². The first kappa shape index (κ1) is 11.4. The third-order valence-corrected chi connectivity index (χ3v) is 4.04. The Kier molecular flexibility index (Phi) is 4.04. The quantitative estimate of drug-likeness (QED) is 0.758. The second-order valence-corrected chi connectivity index (χ2v) is 5.56. The lowest BCUT2D eigenvalue weighted by Gasteiger charge is -2.35. The molecule has 0 amide bonds. The molecule has 0 spiro atoms. The topological polar surface area (TPSA) is 21.3 Å². The predicted octanol–water partition coefficient (Wildman–Crippen LogP) is 2.73. The molecule has 0 aromatic heterocycles. The molecule has 0 radical (unpaired) electrons. The summed E-state index contributed by atoms with van der Waals surface area (Å²) in [4.78, 5) is 0. The van der Waals surface area contributed by atoms with E-state index < -0.39 is 0 Å². The minimum absolute atomic E-state index is 0.415. The molecule has 1 N–H and O–H groups in total. The van der Waals surface area contributed by atoms with E-state index in [0.717, 1.165) is 19.1 Å². The minimum atomic E-state index is 0.415. The SMILES string of the molecule is CC1(CC2CCOCC2)CCCCCN1. The van der Waals surface area contributed by atoms with Gasteiger partial charge in [-0.3, -0.25) is 0 Å². The lowest BCUT2D eigenvalue weighted by Crippen LogP contribution is -2.43. The smallest absolute Gasteiger partial charge is 0.0468 e. The van der Waals surface area contributed by atoms with E-state index in [1.807, 2.05) is 0 Å². The van der Waals surface area contributed by atoms with E-state index in [1.165, 1.54) is 51.5 Å². The second kappa shape index (κ2) is 5.31. The molecule has 2 saturated heterocycles. The first-order valence-electron chi connectivity index (χ1n) is 6.61. The Hall–Kier alpha value is -0.0800. The summed E-state index contributed by atoms with van der Waals surface area (Å²) < 4.78 is 5.43. The van der Waals surface area contributed by atoms with Crippen LogP contribution in [0.25, 0.3) is 0 Å². The fraction of sp³-hybridized carbons (Fsp3) is 1.00. The van der Waals surface area contributed by atoms with Crippen molar-refractivity contribution in [2.75, 3.05) is 19.8 Å². The standard InChI is InChI=1S/C13H25NO/c1-13(7-3-2-4-8-14-13)11-12-5-9-15-10-6-12/h12,14H,2-11H2,1H3. The average Bonchev–Trinajstić information content (AvgIpc) is 2.45. The van der Waals surface area contributed by atoms with Crippen LogP contribution < -0.4 is 5.32 Å². The number of ether oxygens (including phenoxy) is 1. The third-order valence-electron chi connectivity index (χ3n) is 4.04. The molecule has 2 fully saturated rings. The number of nitrogens with one attached hydrogen (secondary N) is 1. The maximum atomic E-state index is 5.43. The van der Waals surface area contributed by atoms with Crippen molar-refractivity contribution in [1.29, 1.82) is 0 Å². The molecule has 2 rings (SSSR count). The molecular weight excluding hydrogens is 186 g/mol. The van der Waals surface area contributed by atoms with E-state index in [-0.39, 0.29) is 0 Å². The molecule has 2 aliphatic heterocycles. The van der Waals surface area contributed by atoms with Gasteiger partial charge in [-0.05, 0) is 51.5 Å². The van der Waals surface area contributed by atoms with Crippen LogP contribution in [0, 0.1) is 5.92 Å². The maximum Gasteiger partial charge on any atom is 0.0468 e. The highest BCUT2D eigenvalue weighted by Crippen LogP contribution is 2.30. The molecule has 0 aromatic rings. The van der Waals surface area contributed by atoms with Crippen molar-refractivity contribution in [1.82, 2.24) is 5.32 Å². The van der Waals surface area contributed by atoms with Gasteiger partial charge in [-0.1, -0.05) is 12.8 Å². The van der Waals surface area contributed by atoms with Gasteiger partial charge in [0.05, 0.1) is 0 Å². The van der Waals surface area contributed by atoms with Crippen molar-refractivity contribution in [3.8, 4) is 0 Å². The summed E-state index contributed by atoms with van der Waals surface area (Å²) in [5.41, 5.74) is 0.415. The fourth-order valence-corrected chi connectivity index (χ4v) is 3.06. The van der Waals surface area contributed by atoms with Crippen LogP contribution in [0.4, 0.5) is 0 Å². The van der Waals surface area contributed by atoms with Crippen LogP contribution in [-0.2, 0) is 4.74 Å². The Morgan fingerprint density at radius 3 is 2.80 bits per heavy atom. The zero-order valence-electron chi connectivity index (χ0n) is 10.1. The highest BCUT2D eigenvalue weighted by molar-refractivity contribution is 4.87. The lowest BCUT2D eigenvalue weighted by molar-refractivity contribution is 0.0539. The predicted molar refractivity (Wildman–Crippen MR) is 63.0 cm³/mol. The van der Waals surface area contributed by atoms with Crippen molar-refractivity contribution < 1.29 is 4.74 Å². The Balaban J connectivity index is 1.83. The molecule has 2 heterocycles. The third kappa shape index (κ3) is 3.46. The first-order valence-corrected chi connectivity index (χ1v) is 6.61. The molecule has 1 unspecified atom stereocenters. The van der Waals surface area contributed by atoms with E-state index in [9.17, 15) is 0 Å². The monoisotopic (exact) mass is 211 g/mol. The van der Waals surface area contributed by atoms with Gasteiger partial charge in [0, 0.05) is 18.8 Å². The highest BCUT2D eigenvalue weighted by atomic mass is 16.5. The van der Waals surface area contributed by atoms with Crippen LogP contribution in [0.3, 0.4) is 0 Å². The molecule has 1 atom stereocenters. The highest BCUT2D eigenvalue weighted by Gasteiger charge is 2.29. The second-order valence-electron chi connectivity index (χ2n) is 5.56. The van der Waals surface area contributed by atoms with Crippen molar-refractivity contribution in [2.24, 2.45) is 5.92 Å². The largest absolute Gasteiger partial charge is 0.381 e. The molecular formula is C13H25NO. The summed E-state index contributed by atoms with van der Waals surface area (Å²) in [6.07, 6.45) is 9.46. The molecule has 0 saturated carbocycles. The molecule has 2 heteroatoms. The molecule has 2 aliphatic rings. The fourth-order valence-electron chi connectivity index (χ4n) is 3.06. The van der Waals surface area contributed by atoms with Gasteiger partial charge in [-0.2, -0.15) is 0 Å². The van der Waals surface area contributed by atoms with Crippen molar-refractivity contribution in [3.05, 3.63) is 0 Å². The van der Waals surface area contributed by atoms with E-state index in [2.05, 4.69) is 12.2 Å². The normalized spacial score (nSPS) is 35.0. The maximum absolute atomic E-state index is 5.43. The van der Waals surface area contributed by atoms with Gasteiger partial charge in [0.15, 0.2) is 0 Å². The van der Waals surface area contributed by atoms with Crippen LogP contribution in [-0.4, -0.2) is 25.3 Å². The van der Waals surface area contributed by atoms with Crippen molar-refractivity contribution in [3.63, 3.8) is 0 Å². The van der Waals surface area contributed by atoms with Crippen LogP contribution in [0.1, 0.15) is 51.9 Å². The summed E-state index contributed by atoms with van der Waals surface area (Å²) in [6, 6.07) is 0. The van der Waals surface area contributed by atoms with E-state index in [0.29, 0.717) is 5.54 Å². The van der Waals surface area contributed by atoms with Crippen molar-refractivity contribution >= 4 is 0 Å². The number of rotatable bonds is 2. The Labute approximate surface area is 93.8 Å². The molecule has 88 valence electrons. The average molecular weight is 211 g/mol. The van der Waals surface area contributed by atoms with E-state index in [4.69, 9.17) is 4.74 Å². The molecule has 0 aliphatic carbocycles. The number of hydrogen-bond acceptors (Lipinski definition) is 2. The molecule has 15 heavy (non-hydrogen) atoms. The van der Waals surface area contributed by atoms with Gasteiger partial charge in [0.1, 0.15) is 0 Å². The zero-order chi connectivity index (χ0) is 10.6. The number of hydrogen-bond donors (Lipinski definition) is 1. The summed E-state index contributed by atoms with van der Waals surface area (Å²) in [6.45, 7) is 5.62. The summed E-state index contributed by atoms with van der Waals surface area (Å²) in [7, 11) is 0. The van der Waals surface area contributed by atoms with Gasteiger partial charge in [-0.15, -0.1) is 0 Å². The van der Waals surface area contributed by atoms with E-state index in [1.54, 1.807) is 0 Å². The molecule has 2 nitrogen and oxygen atoms in total. The van der Waals surface area contributed by atoms with Gasteiger partial charge in [0.2, 0.25) is 0 Å². The van der Waals surface area contributed by atoms with Gasteiger partial charge in [-0.25, -0.2) is 0 Å². The van der Waals surface area contributed by atoms with Crippen LogP contribution >= 0.6 is 0 Å². The van der Waals surface area contributed by atoms with Crippen molar-refractivity contribution in [2.45, 2.75) is 57.4 Å². The van der Waals surface area contributed by atoms with Gasteiger partial charge < -0.3 is 10.1 Å². The van der Waals surface area contributed by atoms with Crippen LogP contribution in [0.15, 0.2) is 0 Å². The Bertz CT molecular complexity index is 179. The first-order chi connectivity index (χ1) is 7.29. The van der Waals surface area contributed by atoms with Gasteiger partial charge >= 0.3 is 0 Å². The summed E-state index contributed by atoms with van der Waals surface area (Å²) in [5.74, 6) is 0.898. The van der Waals surface area contributed by atoms with Crippen LogP contribution in [0.2, 0.25) is 0 Å². The summed E-state index contributed by atoms with van der Waals surface area (Å²) >= 11 is 0. The van der Waals surface area contributed by atoms with Gasteiger partial charge in [0.25, 0.3) is 0 Å². The molecule has 0 bridgehead atoms. The lowest BCUT2D eigenvalue weighted by atomic mass is 9.82. The Morgan fingerprint density at radius 1 is 1.20 bits per heavy atom. The minimum Gasteiger partial charge on any atom is -0.381 e. The summed E-state index contributed by atoms with van der Waals surface area (Å²) in [5, 5.41) is 3.76.